The number of hydrogen-bond donors (Lipinski definition) is 0. The number of aryl methyl sites for hydroxylation is 1. The molecule has 120 valence electrons. The van der Waals surface area contributed by atoms with Gasteiger partial charge in [0, 0.05) is 12.1 Å². The fraction of sp³-hybridized carbons (Fsp3) is 0.562. The molecule has 0 aliphatic heterocycles. The average molecular weight is 316 g/mol. The number of hydrogen-bond acceptors (Lipinski definition) is 4. The van der Waals surface area contributed by atoms with Gasteiger partial charge in [0.05, 0.1) is 0 Å². The van der Waals surface area contributed by atoms with E-state index in [1.165, 1.54) is 0 Å². The number of ether oxygens (including phenoxy) is 2. The number of benzene rings is 1. The second-order valence-electron chi connectivity index (χ2n) is 5.87. The van der Waals surface area contributed by atoms with Crippen LogP contribution in [0, 0.1) is 6.92 Å². The van der Waals surface area contributed by atoms with Gasteiger partial charge in [-0.15, -0.1) is 12.4 Å². The van der Waals surface area contributed by atoms with Gasteiger partial charge in [-0.25, -0.2) is 4.79 Å². The Morgan fingerprint density at radius 1 is 1.24 bits per heavy atom. The molecule has 1 rings (SSSR count). The highest BCUT2D eigenvalue weighted by atomic mass is 35.5. The van der Waals surface area contributed by atoms with E-state index in [9.17, 15) is 4.79 Å². The Morgan fingerprint density at radius 3 is 2.43 bits per heavy atom. The molecule has 1 aromatic rings. The third kappa shape index (κ3) is 7.34. The van der Waals surface area contributed by atoms with Gasteiger partial charge in [-0.1, -0.05) is 18.2 Å². The Kier molecular flexibility index (Phi) is 8.37. The molecule has 0 aliphatic carbocycles. The van der Waals surface area contributed by atoms with E-state index in [2.05, 4.69) is 25.7 Å². The Balaban J connectivity index is 0.00000400. The Hall–Kier alpha value is -1.26. The third-order valence-corrected chi connectivity index (χ3v) is 3.27. The van der Waals surface area contributed by atoms with E-state index in [0.29, 0.717) is 13.2 Å². The van der Waals surface area contributed by atoms with E-state index in [4.69, 9.17) is 9.47 Å². The lowest BCUT2D eigenvalue weighted by molar-refractivity contribution is -0.146. The van der Waals surface area contributed by atoms with Crippen LogP contribution in [-0.4, -0.2) is 43.2 Å². The first-order valence-corrected chi connectivity index (χ1v) is 6.86. The predicted octanol–water partition coefficient (Wildman–Crippen LogP) is 3.07. The molecule has 0 amide bonds. The Labute approximate surface area is 133 Å². The molecule has 0 N–H and O–H groups in total. The molecule has 1 aromatic carbocycles. The highest BCUT2D eigenvalue weighted by Gasteiger charge is 2.16. The number of rotatable bonds is 6. The molecule has 4 nitrogen and oxygen atoms in total. The number of esters is 1. The van der Waals surface area contributed by atoms with Crippen LogP contribution in [0.2, 0.25) is 0 Å². The lowest BCUT2D eigenvalue weighted by Crippen LogP contribution is -2.40. The molecule has 0 aromatic heterocycles. The van der Waals surface area contributed by atoms with E-state index in [-0.39, 0.29) is 30.5 Å². The Morgan fingerprint density at radius 2 is 1.86 bits per heavy atom. The van der Waals surface area contributed by atoms with E-state index in [1.807, 2.05) is 38.2 Å². The first-order valence-electron chi connectivity index (χ1n) is 6.86. The van der Waals surface area contributed by atoms with Crippen molar-refractivity contribution in [1.82, 2.24) is 4.90 Å². The molecule has 0 unspecified atom stereocenters. The van der Waals surface area contributed by atoms with Gasteiger partial charge < -0.3 is 9.47 Å². The zero-order valence-electron chi connectivity index (χ0n) is 13.5. The van der Waals surface area contributed by atoms with Crippen molar-refractivity contribution in [2.24, 2.45) is 0 Å². The van der Waals surface area contributed by atoms with Gasteiger partial charge in [-0.3, -0.25) is 4.90 Å². The number of likely N-dealkylation sites (N-methyl/N-ethyl adjacent to an activating group) is 1. The standard InChI is InChI=1S/C16H25NO3.ClH/c1-13-8-6-7-9-14(13)20-12-15(18)19-11-10-17(5)16(2,3)4;/h6-9H,10-12H2,1-5H3;1H. The minimum absolute atomic E-state index is 0. The highest BCUT2D eigenvalue weighted by molar-refractivity contribution is 5.85. The highest BCUT2D eigenvalue weighted by Crippen LogP contribution is 2.15. The number of para-hydroxylation sites is 1. The van der Waals surface area contributed by atoms with Crippen LogP contribution in [-0.2, 0) is 9.53 Å². The van der Waals surface area contributed by atoms with E-state index in [0.717, 1.165) is 11.3 Å². The first-order chi connectivity index (χ1) is 9.30. The molecule has 0 aliphatic rings. The number of nitrogens with zero attached hydrogens (tertiary/aromatic N) is 1. The molecular weight excluding hydrogens is 290 g/mol. The number of carbonyl (C=O) groups excluding carboxylic acids is 1. The van der Waals surface area contributed by atoms with Crippen LogP contribution in [0.5, 0.6) is 5.75 Å². The average Bonchev–Trinajstić information content (AvgIpc) is 2.36. The second-order valence-corrected chi connectivity index (χ2v) is 5.87. The van der Waals surface area contributed by atoms with Crippen LogP contribution in [0.4, 0.5) is 0 Å². The maximum absolute atomic E-state index is 11.6. The summed E-state index contributed by atoms with van der Waals surface area (Å²) in [7, 11) is 2.01. The van der Waals surface area contributed by atoms with Crippen molar-refractivity contribution in [2.45, 2.75) is 33.2 Å². The fourth-order valence-electron chi connectivity index (χ4n) is 1.53. The van der Waals surface area contributed by atoms with Crippen LogP contribution in [0.25, 0.3) is 0 Å². The maximum Gasteiger partial charge on any atom is 0.344 e. The van der Waals surface area contributed by atoms with Gasteiger partial charge in [-0.05, 0) is 46.4 Å². The largest absolute Gasteiger partial charge is 0.482 e. The lowest BCUT2D eigenvalue weighted by Gasteiger charge is -2.31. The third-order valence-electron chi connectivity index (χ3n) is 3.27. The molecule has 0 spiro atoms. The van der Waals surface area contributed by atoms with Crippen molar-refractivity contribution in [3.63, 3.8) is 0 Å². The normalized spacial score (nSPS) is 11.0. The SMILES string of the molecule is Cc1ccccc1OCC(=O)OCCN(C)C(C)(C)C.Cl. The van der Waals surface area contributed by atoms with E-state index < -0.39 is 0 Å². The maximum atomic E-state index is 11.6. The quantitative estimate of drug-likeness (QED) is 0.756. The van der Waals surface area contributed by atoms with Gasteiger partial charge in [-0.2, -0.15) is 0 Å². The molecule has 0 fully saturated rings. The van der Waals surface area contributed by atoms with Gasteiger partial charge in [0.2, 0.25) is 0 Å². The summed E-state index contributed by atoms with van der Waals surface area (Å²) in [5.41, 5.74) is 1.08. The molecule has 0 atom stereocenters. The minimum Gasteiger partial charge on any atom is -0.482 e. The summed E-state index contributed by atoms with van der Waals surface area (Å²) < 4.78 is 10.6. The predicted molar refractivity (Wildman–Crippen MR) is 87.3 cm³/mol. The smallest absolute Gasteiger partial charge is 0.344 e. The molecule has 0 radical (unpaired) electrons. The van der Waals surface area contributed by atoms with Crippen molar-refractivity contribution in [2.75, 3.05) is 26.8 Å². The van der Waals surface area contributed by atoms with Crippen molar-refractivity contribution in [1.29, 1.82) is 0 Å². The molecule has 0 heterocycles. The molecule has 0 saturated heterocycles. The number of halogens is 1. The van der Waals surface area contributed by atoms with Gasteiger partial charge in [0.25, 0.3) is 0 Å². The second kappa shape index (κ2) is 8.90. The summed E-state index contributed by atoms with van der Waals surface area (Å²) in [6.07, 6.45) is 0. The van der Waals surface area contributed by atoms with Crippen molar-refractivity contribution < 1.29 is 14.3 Å². The van der Waals surface area contributed by atoms with Gasteiger partial charge >= 0.3 is 5.97 Å². The lowest BCUT2D eigenvalue weighted by atomic mass is 10.1. The summed E-state index contributed by atoms with van der Waals surface area (Å²) in [6.45, 7) is 9.34. The van der Waals surface area contributed by atoms with Crippen molar-refractivity contribution in [3.8, 4) is 5.75 Å². The zero-order chi connectivity index (χ0) is 15.2. The minimum atomic E-state index is -0.337. The summed E-state index contributed by atoms with van der Waals surface area (Å²) in [5.74, 6) is 0.381. The summed E-state index contributed by atoms with van der Waals surface area (Å²) in [5, 5.41) is 0. The van der Waals surface area contributed by atoms with Crippen LogP contribution < -0.4 is 4.74 Å². The first kappa shape index (κ1) is 19.7. The monoisotopic (exact) mass is 315 g/mol. The van der Waals surface area contributed by atoms with Crippen LogP contribution in [0.1, 0.15) is 26.3 Å². The van der Waals surface area contributed by atoms with Gasteiger partial charge in [0.1, 0.15) is 12.4 Å². The fourth-order valence-corrected chi connectivity index (χ4v) is 1.53. The van der Waals surface area contributed by atoms with Crippen molar-refractivity contribution >= 4 is 18.4 Å². The van der Waals surface area contributed by atoms with Crippen LogP contribution in [0.3, 0.4) is 0 Å². The van der Waals surface area contributed by atoms with Crippen LogP contribution in [0.15, 0.2) is 24.3 Å². The molecule has 0 bridgehead atoms. The topological polar surface area (TPSA) is 38.8 Å². The number of carbonyl (C=O) groups is 1. The summed E-state index contributed by atoms with van der Waals surface area (Å²) >= 11 is 0. The summed E-state index contributed by atoms with van der Waals surface area (Å²) in [4.78, 5) is 13.7. The van der Waals surface area contributed by atoms with Gasteiger partial charge in [0.15, 0.2) is 6.61 Å². The van der Waals surface area contributed by atoms with Crippen LogP contribution >= 0.6 is 12.4 Å². The molecule has 21 heavy (non-hydrogen) atoms. The van der Waals surface area contributed by atoms with E-state index >= 15 is 0 Å². The Bertz CT molecular complexity index is 443. The van der Waals surface area contributed by atoms with Crippen molar-refractivity contribution in [3.05, 3.63) is 29.8 Å². The molecule has 0 saturated carbocycles. The zero-order valence-corrected chi connectivity index (χ0v) is 14.3. The molecular formula is C16H26ClNO3. The van der Waals surface area contributed by atoms with E-state index in [1.54, 1.807) is 0 Å². The summed E-state index contributed by atoms with van der Waals surface area (Å²) in [6, 6.07) is 7.60. The molecule has 5 heteroatoms.